The number of methoxy groups -OCH3 is 2. The van der Waals surface area contributed by atoms with Crippen molar-refractivity contribution in [3.63, 3.8) is 0 Å². The van der Waals surface area contributed by atoms with Gasteiger partial charge in [0.15, 0.2) is 5.69 Å². The number of aromatic nitrogens is 2. The number of benzene rings is 1. The molecule has 0 aliphatic rings. The molecule has 2 rings (SSSR count). The van der Waals surface area contributed by atoms with E-state index in [0.717, 1.165) is 0 Å². The molecule has 1 amide bonds. The Morgan fingerprint density at radius 1 is 1.15 bits per heavy atom. The van der Waals surface area contributed by atoms with Crippen LogP contribution in [0, 0.1) is 6.92 Å². The highest BCUT2D eigenvalue weighted by atomic mass is 35.5. The fourth-order valence-electron chi connectivity index (χ4n) is 2.41. The molecule has 0 saturated heterocycles. The van der Waals surface area contributed by atoms with E-state index in [-0.39, 0.29) is 5.69 Å². The highest BCUT2D eigenvalue weighted by Gasteiger charge is 2.21. The summed E-state index contributed by atoms with van der Waals surface area (Å²) in [6, 6.07) is 8.39. The van der Waals surface area contributed by atoms with E-state index in [1.165, 1.54) is 11.0 Å². The van der Waals surface area contributed by atoms with Gasteiger partial charge in [0.1, 0.15) is 0 Å². The van der Waals surface area contributed by atoms with Gasteiger partial charge in [-0.1, -0.05) is 11.6 Å². The van der Waals surface area contributed by atoms with Crippen LogP contribution in [0.3, 0.4) is 0 Å². The Kier molecular flexibility index (Phi) is 7.32. The molecule has 2 aromatic rings. The lowest BCUT2D eigenvalue weighted by Crippen LogP contribution is -2.40. The number of halogens is 1. The minimum absolute atomic E-state index is 0.141. The van der Waals surface area contributed by atoms with Gasteiger partial charge in [0.25, 0.3) is 5.91 Å². The number of ether oxygens (including phenoxy) is 2. The summed E-state index contributed by atoms with van der Waals surface area (Å²) < 4.78 is 11.6. The van der Waals surface area contributed by atoms with Gasteiger partial charge in [-0.2, -0.15) is 5.10 Å². The number of aryl methyl sites for hydroxylation is 1. The average Bonchev–Trinajstić information content (AvgIpc) is 2.62. The van der Waals surface area contributed by atoms with Crippen LogP contribution in [0.4, 0.5) is 0 Å². The maximum atomic E-state index is 12.8. The van der Waals surface area contributed by atoms with Crippen molar-refractivity contribution in [2.75, 3.05) is 40.5 Å². The van der Waals surface area contributed by atoms with Crippen molar-refractivity contribution in [1.29, 1.82) is 0 Å². The molecule has 1 aromatic carbocycles. The second-order valence-corrected chi connectivity index (χ2v) is 6.10. The van der Waals surface area contributed by atoms with Crippen molar-refractivity contribution >= 4 is 17.5 Å². The van der Waals surface area contributed by atoms with E-state index >= 15 is 0 Å². The molecule has 8 heteroatoms. The first-order valence-electron chi connectivity index (χ1n) is 8.12. The number of hydrogen-bond donors (Lipinski definition) is 0. The van der Waals surface area contributed by atoms with Crippen molar-refractivity contribution in [3.8, 4) is 5.69 Å². The largest absolute Gasteiger partial charge is 0.383 e. The predicted molar refractivity (Wildman–Crippen MR) is 99.2 cm³/mol. The van der Waals surface area contributed by atoms with Crippen LogP contribution in [-0.2, 0) is 9.47 Å². The fourth-order valence-corrected chi connectivity index (χ4v) is 2.53. The smallest absolute Gasteiger partial charge is 0.278 e. The standard InChI is InChI=1S/C18H22ClN3O4/c1-13-12-16(23)17(18(24)21(8-10-25-2)9-11-26-3)20-22(13)15-6-4-14(19)5-7-15/h4-7,12H,8-11H2,1-3H3. The SMILES string of the molecule is COCCN(CCOC)C(=O)c1nn(-c2ccc(Cl)cc2)c(C)cc1=O. The molecule has 0 aliphatic heterocycles. The zero-order valence-electron chi connectivity index (χ0n) is 15.1. The van der Waals surface area contributed by atoms with E-state index < -0.39 is 11.3 Å². The fraction of sp³-hybridized carbons (Fsp3) is 0.389. The lowest BCUT2D eigenvalue weighted by atomic mass is 10.2. The van der Waals surface area contributed by atoms with Gasteiger partial charge in [0, 0.05) is 44.1 Å². The van der Waals surface area contributed by atoms with Crippen LogP contribution >= 0.6 is 11.6 Å². The van der Waals surface area contributed by atoms with E-state index in [1.807, 2.05) is 0 Å². The first kappa shape index (κ1) is 20.1. The van der Waals surface area contributed by atoms with Gasteiger partial charge in [0.2, 0.25) is 5.43 Å². The predicted octanol–water partition coefficient (Wildman–Crippen LogP) is 1.93. The van der Waals surface area contributed by atoms with Crippen molar-refractivity contribution in [2.45, 2.75) is 6.92 Å². The maximum Gasteiger partial charge on any atom is 0.278 e. The summed E-state index contributed by atoms with van der Waals surface area (Å²) in [5.41, 5.74) is 0.769. The summed E-state index contributed by atoms with van der Waals surface area (Å²) >= 11 is 5.92. The van der Waals surface area contributed by atoms with E-state index in [4.69, 9.17) is 21.1 Å². The number of carbonyl (C=O) groups is 1. The molecule has 0 N–H and O–H groups in total. The van der Waals surface area contributed by atoms with Crippen LogP contribution < -0.4 is 5.43 Å². The Labute approximate surface area is 157 Å². The van der Waals surface area contributed by atoms with Crippen LogP contribution in [0.15, 0.2) is 35.1 Å². The molecule has 0 atom stereocenters. The second kappa shape index (κ2) is 9.47. The number of nitrogens with zero attached hydrogens (tertiary/aromatic N) is 3. The van der Waals surface area contributed by atoms with Crippen molar-refractivity contribution in [3.05, 3.63) is 57.0 Å². The van der Waals surface area contributed by atoms with Gasteiger partial charge < -0.3 is 14.4 Å². The van der Waals surface area contributed by atoms with Crippen LogP contribution in [-0.4, -0.2) is 61.1 Å². The Morgan fingerprint density at radius 2 is 1.73 bits per heavy atom. The quantitative estimate of drug-likeness (QED) is 0.700. The van der Waals surface area contributed by atoms with E-state index in [0.29, 0.717) is 42.7 Å². The second-order valence-electron chi connectivity index (χ2n) is 5.66. The molecule has 0 fully saturated rings. The lowest BCUT2D eigenvalue weighted by molar-refractivity contribution is 0.0618. The molecule has 140 valence electrons. The van der Waals surface area contributed by atoms with Gasteiger partial charge in [-0.15, -0.1) is 0 Å². The zero-order chi connectivity index (χ0) is 19.1. The number of rotatable bonds is 8. The molecule has 0 saturated carbocycles. The third-order valence-electron chi connectivity index (χ3n) is 3.80. The van der Waals surface area contributed by atoms with Crippen LogP contribution in [0.5, 0.6) is 0 Å². The monoisotopic (exact) mass is 379 g/mol. The summed E-state index contributed by atoms with van der Waals surface area (Å²) in [4.78, 5) is 26.7. The van der Waals surface area contributed by atoms with E-state index in [1.54, 1.807) is 50.1 Å². The molecule has 0 spiro atoms. The lowest BCUT2D eigenvalue weighted by Gasteiger charge is -2.22. The minimum atomic E-state index is -0.452. The van der Waals surface area contributed by atoms with Gasteiger partial charge >= 0.3 is 0 Å². The maximum absolute atomic E-state index is 12.8. The van der Waals surface area contributed by atoms with Gasteiger partial charge in [-0.25, -0.2) is 4.68 Å². The van der Waals surface area contributed by atoms with Gasteiger partial charge in [-0.05, 0) is 31.2 Å². The molecule has 7 nitrogen and oxygen atoms in total. The third-order valence-corrected chi connectivity index (χ3v) is 4.05. The summed E-state index contributed by atoms with van der Waals surface area (Å²) in [5, 5.41) is 4.89. The van der Waals surface area contributed by atoms with Crippen LogP contribution in [0.25, 0.3) is 5.69 Å². The molecular weight excluding hydrogens is 358 g/mol. The topological polar surface area (TPSA) is 73.7 Å². The third kappa shape index (κ3) is 4.91. The zero-order valence-corrected chi connectivity index (χ0v) is 15.8. The first-order valence-corrected chi connectivity index (χ1v) is 8.49. The molecule has 1 heterocycles. The normalized spacial score (nSPS) is 10.8. The Morgan fingerprint density at radius 3 is 2.27 bits per heavy atom. The van der Waals surface area contributed by atoms with Gasteiger partial charge in [0.05, 0.1) is 18.9 Å². The minimum Gasteiger partial charge on any atom is -0.383 e. The average molecular weight is 380 g/mol. The Balaban J connectivity index is 2.40. The molecule has 0 bridgehead atoms. The van der Waals surface area contributed by atoms with Crippen LogP contribution in [0.2, 0.25) is 5.02 Å². The van der Waals surface area contributed by atoms with Gasteiger partial charge in [-0.3, -0.25) is 9.59 Å². The van der Waals surface area contributed by atoms with Crippen LogP contribution in [0.1, 0.15) is 16.2 Å². The number of carbonyl (C=O) groups excluding carboxylic acids is 1. The van der Waals surface area contributed by atoms with Crippen molar-refractivity contribution < 1.29 is 14.3 Å². The molecular formula is C18H22ClN3O4. The first-order chi connectivity index (χ1) is 12.5. The molecule has 0 unspecified atom stereocenters. The summed E-state index contributed by atoms with van der Waals surface area (Å²) in [5.74, 6) is -0.452. The molecule has 1 aromatic heterocycles. The summed E-state index contributed by atoms with van der Waals surface area (Å²) in [6.07, 6.45) is 0. The summed E-state index contributed by atoms with van der Waals surface area (Å²) in [6.45, 7) is 3.15. The molecule has 26 heavy (non-hydrogen) atoms. The van der Waals surface area contributed by atoms with E-state index in [2.05, 4.69) is 5.10 Å². The van der Waals surface area contributed by atoms with Crippen molar-refractivity contribution in [1.82, 2.24) is 14.7 Å². The van der Waals surface area contributed by atoms with Crippen molar-refractivity contribution in [2.24, 2.45) is 0 Å². The highest BCUT2D eigenvalue weighted by molar-refractivity contribution is 6.30. The number of amides is 1. The summed E-state index contributed by atoms with van der Waals surface area (Å²) in [7, 11) is 3.10. The van der Waals surface area contributed by atoms with E-state index in [9.17, 15) is 9.59 Å². The molecule has 0 aliphatic carbocycles. The Bertz CT molecular complexity index is 797. The molecule has 0 radical (unpaired) electrons. The highest BCUT2D eigenvalue weighted by Crippen LogP contribution is 2.14. The Hall–Kier alpha value is -2.22. The number of hydrogen-bond acceptors (Lipinski definition) is 5.